The van der Waals surface area contributed by atoms with Gasteiger partial charge in [0.1, 0.15) is 12.4 Å². The van der Waals surface area contributed by atoms with Gasteiger partial charge in [-0.1, -0.05) is 18.2 Å². The molecule has 2 aliphatic rings. The molecule has 7 heteroatoms. The number of benzene rings is 2. The lowest BCUT2D eigenvalue weighted by Gasteiger charge is -2.43. The molecule has 1 fully saturated rings. The van der Waals surface area contributed by atoms with Crippen LogP contribution in [0.15, 0.2) is 48.5 Å². The summed E-state index contributed by atoms with van der Waals surface area (Å²) in [5.41, 5.74) is 1.19. The largest absolute Gasteiger partial charge is 0.492 e. The number of ether oxygens (including phenoxy) is 1. The highest BCUT2D eigenvalue weighted by atomic mass is 16.5. The van der Waals surface area contributed by atoms with E-state index in [1.807, 2.05) is 43.0 Å². The maximum atomic E-state index is 13.6. The van der Waals surface area contributed by atoms with E-state index < -0.39 is 11.4 Å². The molecular formula is C29H36N2O5. The lowest BCUT2D eigenvalue weighted by Crippen LogP contribution is -2.50. The smallest absolute Gasteiger partial charge is 0.312 e. The zero-order valence-corrected chi connectivity index (χ0v) is 21.6. The predicted octanol–water partition coefficient (Wildman–Crippen LogP) is 5.10. The minimum atomic E-state index is -1.01. The molecule has 2 aromatic carbocycles. The molecule has 0 unspecified atom stereocenters. The Bertz CT molecular complexity index is 1120. The maximum absolute atomic E-state index is 13.6. The first-order valence-electron chi connectivity index (χ1n) is 12.8. The number of carbonyl (C=O) groups excluding carboxylic acids is 2. The van der Waals surface area contributed by atoms with Crippen molar-refractivity contribution in [1.82, 2.24) is 4.90 Å². The van der Waals surface area contributed by atoms with E-state index in [4.69, 9.17) is 4.74 Å². The Labute approximate surface area is 213 Å². The molecule has 0 saturated heterocycles. The SMILES string of the molecule is CCN(C(=O)[C@H]1C[C@H](C)N(C(=O)c2ccc(OCC(C)(C)C(=O)O)cc2)c2ccccc21)C1CCC1. The van der Waals surface area contributed by atoms with E-state index in [1.54, 1.807) is 43.0 Å². The van der Waals surface area contributed by atoms with E-state index in [0.29, 0.717) is 30.3 Å². The standard InChI is InChI=1S/C29H36N2O5/c1-5-30(21-9-8-10-21)27(33)24-17-19(2)31(25-12-7-6-11-23(24)25)26(32)20-13-15-22(16-14-20)36-18-29(3,4)28(34)35/h6-7,11-16,19,21,24H,5,8-10,17-18H2,1-4H3,(H,34,35)/t19-,24-/m0/s1. The summed E-state index contributed by atoms with van der Waals surface area (Å²) in [5.74, 6) is -0.647. The summed E-state index contributed by atoms with van der Waals surface area (Å²) in [6, 6.07) is 14.7. The number of anilines is 1. The summed E-state index contributed by atoms with van der Waals surface area (Å²) in [6.45, 7) is 7.98. The normalized spacial score (nSPS) is 19.7. The van der Waals surface area contributed by atoms with Crippen LogP contribution in [0.25, 0.3) is 0 Å². The van der Waals surface area contributed by atoms with Gasteiger partial charge in [0.25, 0.3) is 5.91 Å². The zero-order valence-electron chi connectivity index (χ0n) is 21.6. The van der Waals surface area contributed by atoms with E-state index in [9.17, 15) is 19.5 Å². The summed E-state index contributed by atoms with van der Waals surface area (Å²) in [5, 5.41) is 9.27. The van der Waals surface area contributed by atoms with Gasteiger partial charge in [0.15, 0.2) is 0 Å². The van der Waals surface area contributed by atoms with Gasteiger partial charge < -0.3 is 19.6 Å². The highest BCUT2D eigenvalue weighted by Gasteiger charge is 2.40. The average Bonchev–Trinajstić information content (AvgIpc) is 2.83. The van der Waals surface area contributed by atoms with Crippen LogP contribution in [-0.2, 0) is 9.59 Å². The molecule has 192 valence electrons. The third kappa shape index (κ3) is 4.97. The number of para-hydroxylation sites is 1. The van der Waals surface area contributed by atoms with E-state index in [2.05, 4.69) is 0 Å². The van der Waals surface area contributed by atoms with Gasteiger partial charge in [0, 0.05) is 29.9 Å². The van der Waals surface area contributed by atoms with Crippen LogP contribution in [0.4, 0.5) is 5.69 Å². The van der Waals surface area contributed by atoms with Gasteiger partial charge >= 0.3 is 5.97 Å². The minimum Gasteiger partial charge on any atom is -0.492 e. The number of amides is 2. The van der Waals surface area contributed by atoms with Crippen LogP contribution in [0.1, 0.15) is 75.2 Å². The second-order valence-electron chi connectivity index (χ2n) is 10.6. The van der Waals surface area contributed by atoms with Crippen LogP contribution in [0.2, 0.25) is 0 Å². The maximum Gasteiger partial charge on any atom is 0.312 e. The molecule has 4 rings (SSSR count). The molecule has 1 saturated carbocycles. The monoisotopic (exact) mass is 492 g/mol. The molecule has 0 bridgehead atoms. The molecule has 2 atom stereocenters. The second kappa shape index (κ2) is 10.3. The number of nitrogens with zero attached hydrogens (tertiary/aromatic N) is 2. The van der Waals surface area contributed by atoms with Crippen molar-refractivity contribution in [2.75, 3.05) is 18.1 Å². The van der Waals surface area contributed by atoms with Crippen molar-refractivity contribution in [2.24, 2.45) is 5.41 Å². The fourth-order valence-electron chi connectivity index (χ4n) is 5.01. The van der Waals surface area contributed by atoms with Gasteiger partial charge in [-0.2, -0.15) is 0 Å². The molecule has 0 spiro atoms. The molecule has 1 aliphatic heterocycles. The number of hydrogen-bond acceptors (Lipinski definition) is 4. The molecule has 2 amide bonds. The first-order valence-corrected chi connectivity index (χ1v) is 12.8. The number of aliphatic carboxylic acids is 1. The fourth-order valence-corrected chi connectivity index (χ4v) is 5.01. The van der Waals surface area contributed by atoms with E-state index >= 15 is 0 Å². The van der Waals surface area contributed by atoms with Gasteiger partial charge in [-0.05, 0) is 89.3 Å². The fraction of sp³-hybridized carbons (Fsp3) is 0.483. The molecule has 1 N–H and O–H groups in total. The summed E-state index contributed by atoms with van der Waals surface area (Å²) in [6.07, 6.45) is 3.90. The number of carboxylic acid groups (broad SMARTS) is 1. The number of rotatable bonds is 8. The van der Waals surface area contributed by atoms with Crippen molar-refractivity contribution in [1.29, 1.82) is 0 Å². The lowest BCUT2D eigenvalue weighted by atomic mass is 9.83. The van der Waals surface area contributed by atoms with Crippen molar-refractivity contribution >= 4 is 23.5 Å². The Kier molecular flexibility index (Phi) is 7.38. The van der Waals surface area contributed by atoms with Gasteiger partial charge in [0.2, 0.25) is 5.91 Å². The van der Waals surface area contributed by atoms with Crippen molar-refractivity contribution < 1.29 is 24.2 Å². The summed E-state index contributed by atoms with van der Waals surface area (Å²) >= 11 is 0. The summed E-state index contributed by atoms with van der Waals surface area (Å²) < 4.78 is 5.65. The highest BCUT2D eigenvalue weighted by molar-refractivity contribution is 6.08. The molecule has 2 aromatic rings. The quantitative estimate of drug-likeness (QED) is 0.554. The third-order valence-corrected chi connectivity index (χ3v) is 7.53. The molecule has 7 nitrogen and oxygen atoms in total. The van der Waals surface area contributed by atoms with Crippen LogP contribution in [0.3, 0.4) is 0 Å². The van der Waals surface area contributed by atoms with Crippen LogP contribution in [-0.4, -0.2) is 53.0 Å². The molecule has 1 aliphatic carbocycles. The number of carboxylic acids is 1. The second-order valence-corrected chi connectivity index (χ2v) is 10.6. The Morgan fingerprint density at radius 1 is 1.08 bits per heavy atom. The Morgan fingerprint density at radius 3 is 2.33 bits per heavy atom. The molecule has 1 heterocycles. The van der Waals surface area contributed by atoms with Crippen molar-refractivity contribution in [3.8, 4) is 5.75 Å². The summed E-state index contributed by atoms with van der Waals surface area (Å²) in [4.78, 5) is 42.4. The first kappa shape index (κ1) is 25.7. The predicted molar refractivity (Wildman–Crippen MR) is 138 cm³/mol. The van der Waals surface area contributed by atoms with Crippen molar-refractivity contribution in [3.05, 3.63) is 59.7 Å². The van der Waals surface area contributed by atoms with Gasteiger partial charge in [-0.25, -0.2) is 0 Å². The van der Waals surface area contributed by atoms with Crippen LogP contribution >= 0.6 is 0 Å². The third-order valence-electron chi connectivity index (χ3n) is 7.53. The van der Waals surface area contributed by atoms with Crippen molar-refractivity contribution in [2.45, 2.75) is 71.4 Å². The lowest BCUT2D eigenvalue weighted by molar-refractivity contribution is -0.148. The minimum absolute atomic E-state index is 0.0250. The van der Waals surface area contributed by atoms with Gasteiger partial charge in [-0.3, -0.25) is 14.4 Å². The average molecular weight is 493 g/mol. The first-order chi connectivity index (χ1) is 17.1. The highest BCUT2D eigenvalue weighted by Crippen LogP contribution is 2.41. The van der Waals surface area contributed by atoms with Crippen LogP contribution in [0.5, 0.6) is 5.75 Å². The summed E-state index contributed by atoms with van der Waals surface area (Å²) in [7, 11) is 0. The Morgan fingerprint density at radius 2 is 1.75 bits per heavy atom. The zero-order chi connectivity index (χ0) is 26.0. The molecule has 0 radical (unpaired) electrons. The van der Waals surface area contributed by atoms with Crippen LogP contribution < -0.4 is 9.64 Å². The number of hydrogen-bond donors (Lipinski definition) is 1. The van der Waals surface area contributed by atoms with Crippen LogP contribution in [0, 0.1) is 5.41 Å². The molecule has 0 aromatic heterocycles. The number of likely N-dealkylation sites (N-methyl/N-ethyl adjacent to an activating group) is 1. The van der Waals surface area contributed by atoms with Gasteiger partial charge in [-0.15, -0.1) is 0 Å². The molecule has 36 heavy (non-hydrogen) atoms. The number of fused-ring (bicyclic) bond motifs is 1. The van der Waals surface area contributed by atoms with Crippen molar-refractivity contribution in [3.63, 3.8) is 0 Å². The Balaban J connectivity index is 1.54. The molecular weight excluding hydrogens is 456 g/mol. The van der Waals surface area contributed by atoms with E-state index in [0.717, 1.165) is 24.1 Å². The topological polar surface area (TPSA) is 87.2 Å². The van der Waals surface area contributed by atoms with E-state index in [-0.39, 0.29) is 30.4 Å². The van der Waals surface area contributed by atoms with Gasteiger partial charge in [0.05, 0.1) is 11.3 Å². The Hall–Kier alpha value is -3.35. The van der Waals surface area contributed by atoms with E-state index in [1.165, 1.54) is 6.42 Å². The number of carbonyl (C=O) groups is 3.